The van der Waals surface area contributed by atoms with E-state index in [9.17, 15) is 4.79 Å². The molecule has 0 spiro atoms. The zero-order valence-corrected chi connectivity index (χ0v) is 10.0. The molecule has 1 aliphatic carbocycles. The summed E-state index contributed by atoms with van der Waals surface area (Å²) in [6.45, 7) is 0. The van der Waals surface area contributed by atoms with Crippen molar-refractivity contribution in [2.75, 3.05) is 5.73 Å². The zero-order valence-electron chi connectivity index (χ0n) is 10.0. The van der Waals surface area contributed by atoms with Crippen molar-refractivity contribution < 1.29 is 9.53 Å². The van der Waals surface area contributed by atoms with Gasteiger partial charge in [-0.15, -0.1) is 0 Å². The summed E-state index contributed by atoms with van der Waals surface area (Å²) >= 11 is 0. The molecule has 0 aromatic heterocycles. The lowest BCUT2D eigenvalue weighted by molar-refractivity contribution is -0.149. The van der Waals surface area contributed by atoms with Crippen molar-refractivity contribution in [3.8, 4) is 0 Å². The van der Waals surface area contributed by atoms with Gasteiger partial charge in [0.1, 0.15) is 6.10 Å². The van der Waals surface area contributed by atoms with Gasteiger partial charge in [-0.1, -0.05) is 18.6 Å². The molecule has 1 saturated carbocycles. The van der Waals surface area contributed by atoms with Crippen LogP contribution in [0.25, 0.3) is 0 Å². The third-order valence-electron chi connectivity index (χ3n) is 3.15. The first-order valence-corrected chi connectivity index (χ1v) is 6.28. The normalized spacial score (nSPS) is 16.7. The van der Waals surface area contributed by atoms with E-state index in [-0.39, 0.29) is 12.1 Å². The molecule has 1 fully saturated rings. The van der Waals surface area contributed by atoms with Crippen LogP contribution in [0.15, 0.2) is 24.3 Å². The molecule has 0 radical (unpaired) electrons. The summed E-state index contributed by atoms with van der Waals surface area (Å²) in [6, 6.07) is 7.40. The standard InChI is InChI=1S/C14H19NO2/c15-12-6-4-5-11(9-12)10-14(16)17-13-7-2-1-3-8-13/h4-6,9,13H,1-3,7-8,10,15H2. The SMILES string of the molecule is Nc1cccc(CC(=O)OC2CCCCC2)c1. The summed E-state index contributed by atoms with van der Waals surface area (Å²) in [5.41, 5.74) is 7.28. The van der Waals surface area contributed by atoms with Gasteiger partial charge in [0.05, 0.1) is 6.42 Å². The van der Waals surface area contributed by atoms with Crippen LogP contribution >= 0.6 is 0 Å². The monoisotopic (exact) mass is 233 g/mol. The molecule has 2 rings (SSSR count). The van der Waals surface area contributed by atoms with Crippen molar-refractivity contribution in [1.29, 1.82) is 0 Å². The fourth-order valence-electron chi connectivity index (χ4n) is 2.28. The summed E-state index contributed by atoms with van der Waals surface area (Å²) < 4.78 is 5.46. The molecule has 0 atom stereocenters. The van der Waals surface area contributed by atoms with Crippen LogP contribution in [0.3, 0.4) is 0 Å². The molecule has 0 unspecified atom stereocenters. The number of esters is 1. The van der Waals surface area contributed by atoms with Crippen LogP contribution in [0.1, 0.15) is 37.7 Å². The summed E-state index contributed by atoms with van der Waals surface area (Å²) in [6.07, 6.45) is 6.11. The van der Waals surface area contributed by atoms with E-state index in [2.05, 4.69) is 0 Å². The molecule has 1 aromatic carbocycles. The smallest absolute Gasteiger partial charge is 0.310 e. The van der Waals surface area contributed by atoms with E-state index in [1.165, 1.54) is 19.3 Å². The highest BCUT2D eigenvalue weighted by atomic mass is 16.5. The number of hydrogen-bond acceptors (Lipinski definition) is 3. The Morgan fingerprint density at radius 1 is 1.29 bits per heavy atom. The number of ether oxygens (including phenoxy) is 1. The maximum atomic E-state index is 11.7. The van der Waals surface area contributed by atoms with Gasteiger partial charge in [-0.2, -0.15) is 0 Å². The molecule has 1 aliphatic rings. The Kier molecular flexibility index (Phi) is 4.02. The average molecular weight is 233 g/mol. The van der Waals surface area contributed by atoms with Gasteiger partial charge in [-0.3, -0.25) is 4.79 Å². The Balaban J connectivity index is 1.84. The van der Waals surface area contributed by atoms with E-state index in [0.29, 0.717) is 12.1 Å². The number of benzene rings is 1. The largest absolute Gasteiger partial charge is 0.462 e. The summed E-state index contributed by atoms with van der Waals surface area (Å²) in [5, 5.41) is 0. The first-order valence-electron chi connectivity index (χ1n) is 6.28. The van der Waals surface area contributed by atoms with Crippen LogP contribution in [-0.2, 0) is 16.0 Å². The van der Waals surface area contributed by atoms with Crippen LogP contribution in [0.2, 0.25) is 0 Å². The molecule has 0 heterocycles. The maximum Gasteiger partial charge on any atom is 0.310 e. The van der Waals surface area contributed by atoms with Crippen molar-refractivity contribution in [2.45, 2.75) is 44.6 Å². The average Bonchev–Trinajstić information content (AvgIpc) is 2.30. The van der Waals surface area contributed by atoms with E-state index < -0.39 is 0 Å². The first kappa shape index (κ1) is 12.0. The Morgan fingerprint density at radius 3 is 2.76 bits per heavy atom. The van der Waals surface area contributed by atoms with E-state index in [4.69, 9.17) is 10.5 Å². The lowest BCUT2D eigenvalue weighted by Crippen LogP contribution is -2.21. The van der Waals surface area contributed by atoms with Crippen molar-refractivity contribution in [3.05, 3.63) is 29.8 Å². The lowest BCUT2D eigenvalue weighted by atomic mass is 9.98. The number of nitrogen functional groups attached to an aromatic ring is 1. The zero-order chi connectivity index (χ0) is 12.1. The van der Waals surface area contributed by atoms with Crippen LogP contribution in [0, 0.1) is 0 Å². The van der Waals surface area contributed by atoms with Crippen LogP contribution in [0.4, 0.5) is 5.69 Å². The van der Waals surface area contributed by atoms with Gasteiger partial charge in [0.2, 0.25) is 0 Å². The number of nitrogens with two attached hydrogens (primary N) is 1. The highest BCUT2D eigenvalue weighted by Gasteiger charge is 2.17. The molecule has 0 saturated heterocycles. The lowest BCUT2D eigenvalue weighted by Gasteiger charge is -2.21. The van der Waals surface area contributed by atoms with Crippen molar-refractivity contribution in [1.82, 2.24) is 0 Å². The van der Waals surface area contributed by atoms with E-state index in [1.807, 2.05) is 24.3 Å². The van der Waals surface area contributed by atoms with E-state index in [0.717, 1.165) is 18.4 Å². The number of carbonyl (C=O) groups is 1. The summed E-state index contributed by atoms with van der Waals surface area (Å²) in [7, 11) is 0. The van der Waals surface area contributed by atoms with E-state index in [1.54, 1.807) is 0 Å². The first-order chi connectivity index (χ1) is 8.24. The number of rotatable bonds is 3. The van der Waals surface area contributed by atoms with E-state index >= 15 is 0 Å². The molecule has 1 aromatic rings. The molecule has 0 aliphatic heterocycles. The molecule has 0 bridgehead atoms. The van der Waals surface area contributed by atoms with Gasteiger partial charge < -0.3 is 10.5 Å². The fourth-order valence-corrected chi connectivity index (χ4v) is 2.28. The topological polar surface area (TPSA) is 52.3 Å². The minimum absolute atomic E-state index is 0.136. The maximum absolute atomic E-state index is 11.7. The van der Waals surface area contributed by atoms with Gasteiger partial charge in [0, 0.05) is 5.69 Å². The third kappa shape index (κ3) is 3.77. The van der Waals surface area contributed by atoms with Crippen LogP contribution in [-0.4, -0.2) is 12.1 Å². The Labute approximate surface area is 102 Å². The van der Waals surface area contributed by atoms with Gasteiger partial charge in [0.15, 0.2) is 0 Å². The van der Waals surface area contributed by atoms with Crippen molar-refractivity contribution in [2.24, 2.45) is 0 Å². The number of carbonyl (C=O) groups excluding carboxylic acids is 1. The molecular weight excluding hydrogens is 214 g/mol. The molecule has 0 amide bonds. The highest BCUT2D eigenvalue weighted by molar-refractivity contribution is 5.73. The number of anilines is 1. The molecule has 17 heavy (non-hydrogen) atoms. The third-order valence-corrected chi connectivity index (χ3v) is 3.15. The van der Waals surface area contributed by atoms with Gasteiger partial charge in [0.25, 0.3) is 0 Å². The molecule has 3 nitrogen and oxygen atoms in total. The second-order valence-corrected chi connectivity index (χ2v) is 4.67. The summed E-state index contributed by atoms with van der Waals surface area (Å²) in [4.78, 5) is 11.7. The predicted octanol–water partition coefficient (Wildman–Crippen LogP) is 2.69. The second-order valence-electron chi connectivity index (χ2n) is 4.67. The fraction of sp³-hybridized carbons (Fsp3) is 0.500. The molecule has 2 N–H and O–H groups in total. The Bertz CT molecular complexity index is 384. The second kappa shape index (κ2) is 5.71. The Morgan fingerprint density at radius 2 is 2.06 bits per heavy atom. The Hall–Kier alpha value is -1.51. The molecule has 92 valence electrons. The summed E-state index contributed by atoms with van der Waals surface area (Å²) in [5.74, 6) is -0.137. The van der Waals surface area contributed by atoms with Crippen LogP contribution in [0.5, 0.6) is 0 Å². The number of hydrogen-bond donors (Lipinski definition) is 1. The minimum Gasteiger partial charge on any atom is -0.462 e. The molecule has 3 heteroatoms. The highest BCUT2D eigenvalue weighted by Crippen LogP contribution is 2.20. The molecular formula is C14H19NO2. The van der Waals surface area contributed by atoms with Gasteiger partial charge in [-0.25, -0.2) is 0 Å². The minimum atomic E-state index is -0.137. The van der Waals surface area contributed by atoms with Crippen molar-refractivity contribution >= 4 is 11.7 Å². The van der Waals surface area contributed by atoms with Crippen LogP contribution < -0.4 is 5.73 Å². The quantitative estimate of drug-likeness (QED) is 0.645. The van der Waals surface area contributed by atoms with Gasteiger partial charge in [-0.05, 0) is 43.4 Å². The van der Waals surface area contributed by atoms with Crippen molar-refractivity contribution in [3.63, 3.8) is 0 Å². The predicted molar refractivity (Wildman–Crippen MR) is 67.5 cm³/mol. The van der Waals surface area contributed by atoms with Gasteiger partial charge >= 0.3 is 5.97 Å².